The van der Waals surface area contributed by atoms with Gasteiger partial charge in [0.05, 0.1) is 5.02 Å². The van der Waals surface area contributed by atoms with E-state index in [2.05, 4.69) is 31.0 Å². The maximum atomic E-state index is 12.6. The second-order valence-corrected chi connectivity index (χ2v) is 7.62. The average molecular weight is 447 g/mol. The molecule has 11 heteroatoms. The van der Waals surface area contributed by atoms with Crippen molar-refractivity contribution in [2.75, 3.05) is 5.32 Å². The van der Waals surface area contributed by atoms with Crippen LogP contribution in [0.4, 0.5) is 11.6 Å². The van der Waals surface area contributed by atoms with E-state index in [4.69, 9.17) is 34.8 Å². The quantitative estimate of drug-likeness (QED) is 0.424. The van der Waals surface area contributed by atoms with Crippen LogP contribution in [0.25, 0.3) is 11.3 Å². The topological polar surface area (TPSA) is 101 Å². The lowest BCUT2D eigenvalue weighted by molar-refractivity contribution is 0.567. The van der Waals surface area contributed by atoms with Crippen LogP contribution in [-0.2, 0) is 0 Å². The maximum Gasteiger partial charge on any atom is 0.288 e. The predicted octanol–water partition coefficient (Wildman–Crippen LogP) is 4.08. The van der Waals surface area contributed by atoms with Gasteiger partial charge >= 0.3 is 0 Å². The van der Waals surface area contributed by atoms with Crippen LogP contribution in [0.5, 0.6) is 0 Å². The number of aromatic nitrogens is 6. The fourth-order valence-electron chi connectivity index (χ4n) is 3.38. The summed E-state index contributed by atoms with van der Waals surface area (Å²) < 4.78 is 1.58. The Kier molecular flexibility index (Phi) is 4.27. The molecule has 1 atom stereocenters. The molecular weight excluding hydrogens is 437 g/mol. The Labute approximate surface area is 178 Å². The number of aromatic amines is 1. The number of anilines is 2. The molecule has 3 heterocycles. The highest BCUT2D eigenvalue weighted by atomic mass is 35.5. The molecule has 0 radical (unpaired) electrons. The van der Waals surface area contributed by atoms with Crippen molar-refractivity contribution in [2.45, 2.75) is 6.04 Å². The summed E-state index contributed by atoms with van der Waals surface area (Å²) in [6.07, 6.45) is 0. The minimum atomic E-state index is -0.523. The van der Waals surface area contributed by atoms with Crippen LogP contribution in [0, 0.1) is 0 Å². The molecule has 0 bridgehead atoms. The van der Waals surface area contributed by atoms with Crippen molar-refractivity contribution >= 4 is 46.4 Å². The number of halogens is 3. The lowest BCUT2D eigenvalue weighted by atomic mass is 9.92. The first-order chi connectivity index (χ1) is 14.0. The molecule has 0 unspecified atom stereocenters. The summed E-state index contributed by atoms with van der Waals surface area (Å²) in [6, 6.07) is 11.8. The van der Waals surface area contributed by atoms with Crippen LogP contribution in [0.15, 0.2) is 47.3 Å². The van der Waals surface area contributed by atoms with E-state index in [1.807, 2.05) is 12.1 Å². The summed E-state index contributed by atoms with van der Waals surface area (Å²) in [4.78, 5) is 12.6. The molecule has 0 spiro atoms. The number of rotatable bonds is 2. The van der Waals surface area contributed by atoms with Crippen molar-refractivity contribution in [2.24, 2.45) is 0 Å². The Bertz CT molecular complexity index is 1300. The number of H-pyrrole nitrogens is 1. The third-order valence-electron chi connectivity index (χ3n) is 4.64. The molecule has 0 saturated carbocycles. The number of nitrogens with one attached hydrogen (secondary N) is 2. The summed E-state index contributed by atoms with van der Waals surface area (Å²) in [5.74, 6) is 0.335. The van der Waals surface area contributed by atoms with E-state index in [1.54, 1.807) is 35.0 Å². The maximum absolute atomic E-state index is 12.6. The van der Waals surface area contributed by atoms with Gasteiger partial charge in [0.2, 0.25) is 5.95 Å². The Morgan fingerprint density at radius 1 is 1.00 bits per heavy atom. The van der Waals surface area contributed by atoms with Crippen LogP contribution in [0.3, 0.4) is 0 Å². The van der Waals surface area contributed by atoms with Gasteiger partial charge in [-0.1, -0.05) is 52.0 Å². The van der Waals surface area contributed by atoms with Crippen LogP contribution < -0.4 is 10.9 Å². The molecule has 0 aliphatic carbocycles. The molecule has 2 N–H and O–H groups in total. The minimum Gasteiger partial charge on any atom is -0.318 e. The molecule has 2 aromatic carbocycles. The van der Waals surface area contributed by atoms with Gasteiger partial charge in [0.15, 0.2) is 0 Å². The van der Waals surface area contributed by atoms with Gasteiger partial charge in [0, 0.05) is 21.2 Å². The van der Waals surface area contributed by atoms with E-state index in [0.29, 0.717) is 43.5 Å². The Morgan fingerprint density at radius 3 is 2.52 bits per heavy atom. The summed E-state index contributed by atoms with van der Waals surface area (Å²) in [7, 11) is 0. The molecule has 0 amide bonds. The zero-order valence-electron chi connectivity index (χ0n) is 14.4. The molecule has 144 valence electrons. The van der Waals surface area contributed by atoms with Gasteiger partial charge in [0.1, 0.15) is 17.4 Å². The number of nitrogens with zero attached hydrogens (tertiary/aromatic N) is 5. The average Bonchev–Trinajstić information content (AvgIpc) is 3.17. The Hall–Kier alpha value is -2.94. The molecule has 1 aliphatic heterocycles. The standard InChI is InChI=1S/C18H10Cl3N7O/c19-9-3-1-8(2-4-9)16-13-14(11-6-5-10(20)7-12(11)21)23-24-17(29)15(13)22-18-25-26-27-28(16)18/h1-7,16H,(H,24,29)(H,22,25,27)/t16-/m1/s1. The van der Waals surface area contributed by atoms with Crippen molar-refractivity contribution in [3.8, 4) is 11.3 Å². The molecule has 29 heavy (non-hydrogen) atoms. The Balaban J connectivity index is 1.83. The summed E-state index contributed by atoms with van der Waals surface area (Å²) in [5.41, 5.74) is 2.39. The van der Waals surface area contributed by atoms with Crippen molar-refractivity contribution in [3.63, 3.8) is 0 Å². The third kappa shape index (κ3) is 2.96. The molecule has 4 aromatic rings. The van der Waals surface area contributed by atoms with Crippen LogP contribution >= 0.6 is 34.8 Å². The first kappa shape index (κ1) is 18.1. The number of tetrazole rings is 1. The van der Waals surface area contributed by atoms with Crippen LogP contribution in [0.2, 0.25) is 15.1 Å². The third-order valence-corrected chi connectivity index (χ3v) is 5.44. The lowest BCUT2D eigenvalue weighted by Crippen LogP contribution is -2.29. The number of hydrogen-bond acceptors (Lipinski definition) is 6. The normalized spacial score (nSPS) is 14.8. The van der Waals surface area contributed by atoms with Gasteiger partial charge in [-0.2, -0.15) is 9.78 Å². The molecule has 1 aliphatic rings. The van der Waals surface area contributed by atoms with E-state index in [0.717, 1.165) is 5.56 Å². The van der Waals surface area contributed by atoms with Gasteiger partial charge in [0.25, 0.3) is 5.56 Å². The first-order valence-electron chi connectivity index (χ1n) is 8.41. The molecule has 8 nitrogen and oxygen atoms in total. The minimum absolute atomic E-state index is 0.295. The highest BCUT2D eigenvalue weighted by Crippen LogP contribution is 2.42. The van der Waals surface area contributed by atoms with Crippen LogP contribution in [-0.4, -0.2) is 30.4 Å². The summed E-state index contributed by atoms with van der Waals surface area (Å²) >= 11 is 18.5. The Morgan fingerprint density at radius 2 is 1.76 bits per heavy atom. The molecule has 0 saturated heterocycles. The fraction of sp³-hybridized carbons (Fsp3) is 0.0556. The van der Waals surface area contributed by atoms with Gasteiger partial charge < -0.3 is 5.32 Å². The molecule has 5 rings (SSSR count). The number of benzene rings is 2. The van der Waals surface area contributed by atoms with Crippen molar-refractivity contribution in [1.82, 2.24) is 30.4 Å². The van der Waals surface area contributed by atoms with Crippen LogP contribution in [0.1, 0.15) is 17.2 Å². The van der Waals surface area contributed by atoms with Crippen molar-refractivity contribution < 1.29 is 0 Å². The molecular formula is C18H10Cl3N7O. The highest BCUT2D eigenvalue weighted by Gasteiger charge is 2.34. The summed E-state index contributed by atoms with van der Waals surface area (Å²) in [6.45, 7) is 0. The molecule has 2 aromatic heterocycles. The van der Waals surface area contributed by atoms with E-state index < -0.39 is 11.6 Å². The van der Waals surface area contributed by atoms with E-state index in [-0.39, 0.29) is 0 Å². The number of hydrogen-bond donors (Lipinski definition) is 2. The smallest absolute Gasteiger partial charge is 0.288 e. The largest absolute Gasteiger partial charge is 0.318 e. The van der Waals surface area contributed by atoms with Crippen molar-refractivity contribution in [3.05, 3.63) is 79.0 Å². The number of fused-ring (bicyclic) bond motifs is 2. The van der Waals surface area contributed by atoms with E-state index >= 15 is 0 Å². The SMILES string of the molecule is O=c1[nH]nc(-c2ccc(Cl)cc2Cl)c2c1Nc1nnnn1[C@@H]2c1ccc(Cl)cc1. The second kappa shape index (κ2) is 6.84. The second-order valence-electron chi connectivity index (χ2n) is 6.34. The molecule has 0 fully saturated rings. The summed E-state index contributed by atoms with van der Waals surface area (Å²) in [5, 5.41) is 23.1. The zero-order valence-corrected chi connectivity index (χ0v) is 16.7. The lowest BCUT2D eigenvalue weighted by Gasteiger charge is -2.28. The first-order valence-corrected chi connectivity index (χ1v) is 9.54. The van der Waals surface area contributed by atoms with Crippen molar-refractivity contribution in [1.29, 1.82) is 0 Å². The highest BCUT2D eigenvalue weighted by molar-refractivity contribution is 6.36. The van der Waals surface area contributed by atoms with Gasteiger partial charge in [-0.15, -0.1) is 0 Å². The van der Waals surface area contributed by atoms with Gasteiger partial charge in [-0.05, 0) is 46.3 Å². The van der Waals surface area contributed by atoms with Gasteiger partial charge in [-0.25, -0.2) is 5.10 Å². The zero-order chi connectivity index (χ0) is 20.1. The fourth-order valence-corrected chi connectivity index (χ4v) is 4.00. The predicted molar refractivity (Wildman–Crippen MR) is 110 cm³/mol. The van der Waals surface area contributed by atoms with E-state index in [1.165, 1.54) is 0 Å². The monoisotopic (exact) mass is 445 g/mol. The van der Waals surface area contributed by atoms with E-state index in [9.17, 15) is 4.79 Å². The van der Waals surface area contributed by atoms with Gasteiger partial charge in [-0.3, -0.25) is 4.79 Å².